The van der Waals surface area contributed by atoms with Crippen molar-refractivity contribution in [3.05, 3.63) is 89.9 Å². The zero-order valence-electron chi connectivity index (χ0n) is 19.8. The third-order valence-corrected chi connectivity index (χ3v) is 6.43. The van der Waals surface area contributed by atoms with Gasteiger partial charge in [-0.25, -0.2) is 4.98 Å². The van der Waals surface area contributed by atoms with Crippen LogP contribution in [0, 0.1) is 0 Å². The molecule has 2 aromatic heterocycles. The van der Waals surface area contributed by atoms with E-state index in [-0.39, 0.29) is 18.1 Å². The lowest BCUT2D eigenvalue weighted by molar-refractivity contribution is 0.0937. The molecule has 0 saturated carbocycles. The molecule has 0 aliphatic carbocycles. The second-order valence-electron chi connectivity index (χ2n) is 8.26. The Balaban J connectivity index is 1.46. The van der Waals surface area contributed by atoms with Crippen molar-refractivity contribution in [1.29, 1.82) is 0 Å². The molecular formula is C27H29N3O3S. The number of hydrogen-bond acceptors (Lipinski definition) is 5. The van der Waals surface area contributed by atoms with E-state index in [4.69, 9.17) is 9.47 Å². The van der Waals surface area contributed by atoms with Crippen molar-refractivity contribution in [2.75, 3.05) is 7.11 Å². The number of thioether (sulfide) groups is 1. The predicted octanol–water partition coefficient (Wildman–Crippen LogP) is 5.91. The lowest BCUT2D eigenvalue weighted by Gasteiger charge is -2.19. The molecule has 1 amide bonds. The van der Waals surface area contributed by atoms with Gasteiger partial charge in [0, 0.05) is 23.0 Å². The largest absolute Gasteiger partial charge is 0.493 e. The van der Waals surface area contributed by atoms with Crippen LogP contribution in [0.2, 0.25) is 0 Å². The summed E-state index contributed by atoms with van der Waals surface area (Å²) in [6.45, 7) is 5.91. The van der Waals surface area contributed by atoms with E-state index < -0.39 is 0 Å². The van der Waals surface area contributed by atoms with Crippen LogP contribution in [0.4, 0.5) is 0 Å². The van der Waals surface area contributed by atoms with Gasteiger partial charge in [-0.3, -0.25) is 4.79 Å². The lowest BCUT2D eigenvalue weighted by atomic mass is 10.1. The number of rotatable bonds is 9. The Morgan fingerprint density at radius 1 is 1.06 bits per heavy atom. The molecule has 2 aromatic carbocycles. The number of methoxy groups -OCH3 is 1. The van der Waals surface area contributed by atoms with Crippen molar-refractivity contribution in [2.24, 2.45) is 0 Å². The SMILES string of the molecule is COc1cc(C(C)NC(=O)c2ccccc2SCc2cn3ccccc3n2)ccc1OC(C)C. The Morgan fingerprint density at radius 3 is 2.62 bits per heavy atom. The fourth-order valence-corrected chi connectivity index (χ4v) is 4.58. The minimum atomic E-state index is -0.203. The molecule has 1 unspecified atom stereocenters. The molecule has 0 radical (unpaired) electrons. The number of nitrogens with one attached hydrogen (secondary N) is 1. The van der Waals surface area contributed by atoms with Gasteiger partial charge in [0.1, 0.15) is 5.65 Å². The lowest BCUT2D eigenvalue weighted by Crippen LogP contribution is -2.27. The van der Waals surface area contributed by atoms with Crippen molar-refractivity contribution in [2.45, 2.75) is 43.6 Å². The zero-order chi connectivity index (χ0) is 24.1. The number of nitrogens with zero attached hydrogens (tertiary/aromatic N) is 2. The van der Waals surface area contributed by atoms with E-state index in [2.05, 4.69) is 10.3 Å². The van der Waals surface area contributed by atoms with E-state index in [1.807, 2.05) is 98.2 Å². The highest BCUT2D eigenvalue weighted by Crippen LogP contribution is 2.32. The topological polar surface area (TPSA) is 64.9 Å². The fraction of sp³-hybridized carbons (Fsp3) is 0.259. The van der Waals surface area contributed by atoms with E-state index in [0.717, 1.165) is 21.8 Å². The fourth-order valence-electron chi connectivity index (χ4n) is 3.65. The molecule has 4 aromatic rings. The highest BCUT2D eigenvalue weighted by Gasteiger charge is 2.17. The van der Waals surface area contributed by atoms with Crippen LogP contribution in [0.5, 0.6) is 11.5 Å². The van der Waals surface area contributed by atoms with Crippen LogP contribution in [0.3, 0.4) is 0 Å². The number of pyridine rings is 1. The number of carbonyl (C=O) groups excluding carboxylic acids is 1. The van der Waals surface area contributed by atoms with Gasteiger partial charge in [0.25, 0.3) is 5.91 Å². The van der Waals surface area contributed by atoms with Crippen molar-refractivity contribution in [3.8, 4) is 11.5 Å². The number of hydrogen-bond donors (Lipinski definition) is 1. The molecule has 176 valence electrons. The Morgan fingerprint density at radius 2 is 1.85 bits per heavy atom. The summed E-state index contributed by atoms with van der Waals surface area (Å²) in [6.07, 6.45) is 4.05. The number of aromatic nitrogens is 2. The van der Waals surface area contributed by atoms with Gasteiger partial charge in [-0.1, -0.05) is 24.3 Å². The van der Waals surface area contributed by atoms with Crippen LogP contribution in [-0.4, -0.2) is 28.5 Å². The molecule has 34 heavy (non-hydrogen) atoms. The average molecular weight is 476 g/mol. The summed E-state index contributed by atoms with van der Waals surface area (Å²) in [5.74, 6) is 1.90. The second-order valence-corrected chi connectivity index (χ2v) is 9.27. The Hall–Kier alpha value is -3.45. The van der Waals surface area contributed by atoms with Crippen LogP contribution >= 0.6 is 11.8 Å². The normalized spacial score (nSPS) is 12.0. The number of carbonyl (C=O) groups is 1. The maximum absolute atomic E-state index is 13.2. The first-order valence-corrected chi connectivity index (χ1v) is 12.2. The van der Waals surface area contributed by atoms with Gasteiger partial charge in [0.2, 0.25) is 0 Å². The highest BCUT2D eigenvalue weighted by atomic mass is 32.2. The summed E-state index contributed by atoms with van der Waals surface area (Å²) in [7, 11) is 1.62. The van der Waals surface area contributed by atoms with E-state index >= 15 is 0 Å². The number of benzene rings is 2. The summed E-state index contributed by atoms with van der Waals surface area (Å²) >= 11 is 1.61. The number of fused-ring (bicyclic) bond motifs is 1. The van der Waals surface area contributed by atoms with E-state index in [1.165, 1.54) is 0 Å². The van der Waals surface area contributed by atoms with Crippen LogP contribution in [-0.2, 0) is 5.75 Å². The van der Waals surface area contributed by atoms with Gasteiger partial charge >= 0.3 is 0 Å². The number of imidazole rings is 1. The summed E-state index contributed by atoms with van der Waals surface area (Å²) in [5, 5.41) is 3.12. The molecular weight excluding hydrogens is 446 g/mol. The molecule has 0 aliphatic heterocycles. The van der Waals surface area contributed by atoms with Gasteiger partial charge in [0.15, 0.2) is 11.5 Å². The summed E-state index contributed by atoms with van der Waals surface area (Å²) in [6, 6.07) is 19.1. The van der Waals surface area contributed by atoms with Gasteiger partial charge in [-0.05, 0) is 62.7 Å². The highest BCUT2D eigenvalue weighted by molar-refractivity contribution is 7.98. The van der Waals surface area contributed by atoms with Crippen molar-refractivity contribution >= 4 is 23.3 Å². The first kappa shape index (κ1) is 23.7. The minimum absolute atomic E-state index is 0.0476. The molecule has 1 atom stereocenters. The Kier molecular flexibility index (Phi) is 7.43. The van der Waals surface area contributed by atoms with Gasteiger partial charge in [-0.2, -0.15) is 0 Å². The monoisotopic (exact) mass is 475 g/mol. The number of ether oxygens (including phenoxy) is 2. The molecule has 0 aliphatic rings. The smallest absolute Gasteiger partial charge is 0.252 e. The van der Waals surface area contributed by atoms with E-state index in [9.17, 15) is 4.79 Å². The zero-order valence-corrected chi connectivity index (χ0v) is 20.6. The maximum Gasteiger partial charge on any atom is 0.252 e. The summed E-state index contributed by atoms with van der Waals surface area (Å²) < 4.78 is 13.3. The first-order chi connectivity index (χ1) is 16.4. The van der Waals surface area contributed by atoms with Gasteiger partial charge < -0.3 is 19.2 Å². The molecule has 7 heteroatoms. The van der Waals surface area contributed by atoms with Crippen molar-refractivity contribution < 1.29 is 14.3 Å². The van der Waals surface area contributed by atoms with Crippen molar-refractivity contribution in [3.63, 3.8) is 0 Å². The van der Waals surface area contributed by atoms with Crippen LogP contribution < -0.4 is 14.8 Å². The molecule has 4 rings (SSSR count). The molecule has 0 bridgehead atoms. The molecule has 6 nitrogen and oxygen atoms in total. The molecule has 0 spiro atoms. The molecule has 1 N–H and O–H groups in total. The standard InChI is InChI=1S/C27H29N3O3S/c1-18(2)33-23-13-12-20(15-24(23)32-4)19(3)28-27(31)22-9-5-6-10-25(22)34-17-21-16-30-14-8-7-11-26(30)29-21/h5-16,18-19H,17H2,1-4H3,(H,28,31). The van der Waals surface area contributed by atoms with E-state index in [0.29, 0.717) is 22.8 Å². The quantitative estimate of drug-likeness (QED) is 0.305. The molecule has 0 saturated heterocycles. The first-order valence-electron chi connectivity index (χ1n) is 11.2. The third-order valence-electron chi connectivity index (χ3n) is 5.32. The van der Waals surface area contributed by atoms with Gasteiger partial charge in [-0.15, -0.1) is 11.8 Å². The Bertz CT molecular complexity index is 1250. The summed E-state index contributed by atoms with van der Waals surface area (Å²) in [5.41, 5.74) is 3.47. The van der Waals surface area contributed by atoms with Crippen LogP contribution in [0.25, 0.3) is 5.65 Å². The minimum Gasteiger partial charge on any atom is -0.493 e. The second kappa shape index (κ2) is 10.7. The van der Waals surface area contributed by atoms with Gasteiger partial charge in [0.05, 0.1) is 30.5 Å². The Labute approximate surface area is 204 Å². The van der Waals surface area contributed by atoms with Crippen molar-refractivity contribution in [1.82, 2.24) is 14.7 Å². The summed E-state index contributed by atoms with van der Waals surface area (Å²) in [4.78, 5) is 18.7. The molecule has 0 fully saturated rings. The third kappa shape index (κ3) is 5.54. The van der Waals surface area contributed by atoms with Crippen LogP contribution in [0.1, 0.15) is 48.4 Å². The number of amides is 1. The average Bonchev–Trinajstić information content (AvgIpc) is 3.26. The predicted molar refractivity (Wildman–Crippen MR) is 136 cm³/mol. The van der Waals surface area contributed by atoms with Crippen LogP contribution in [0.15, 0.2) is 78.0 Å². The van der Waals surface area contributed by atoms with E-state index in [1.54, 1.807) is 18.9 Å². The molecule has 2 heterocycles. The maximum atomic E-state index is 13.2.